The van der Waals surface area contributed by atoms with Crippen molar-refractivity contribution in [2.45, 2.75) is 72.1 Å². The molecular weight excluding hydrogens is 516 g/mol. The van der Waals surface area contributed by atoms with Crippen LogP contribution in [0.5, 0.6) is 0 Å². The van der Waals surface area contributed by atoms with E-state index in [2.05, 4.69) is 10.8 Å². The third kappa shape index (κ3) is 8.98. The Morgan fingerprint density at radius 1 is 1.11 bits per heavy atom. The summed E-state index contributed by atoms with van der Waals surface area (Å²) >= 11 is 0. The number of carbonyl (C=O) groups is 4. The van der Waals surface area contributed by atoms with Crippen LogP contribution >= 0.6 is 0 Å². The van der Waals surface area contributed by atoms with Gasteiger partial charge in [0.25, 0.3) is 5.91 Å². The number of carbonyl (C=O) groups excluding carboxylic acids is 4. The van der Waals surface area contributed by atoms with Gasteiger partial charge in [-0.15, -0.1) is 4.28 Å². The molecule has 2 saturated heterocycles. The van der Waals surface area contributed by atoms with Gasteiger partial charge in [-0.2, -0.15) is 13.5 Å². The molecule has 15 nitrogen and oxygen atoms in total. The number of esters is 1. The lowest BCUT2D eigenvalue weighted by atomic mass is 9.95. The minimum Gasteiger partial charge on any atom is -0.466 e. The van der Waals surface area contributed by atoms with Crippen molar-refractivity contribution >= 4 is 34.4 Å². The van der Waals surface area contributed by atoms with Crippen LogP contribution in [0.1, 0.15) is 54.4 Å². The Morgan fingerprint density at radius 2 is 1.78 bits per heavy atom. The van der Waals surface area contributed by atoms with Gasteiger partial charge < -0.3 is 19.7 Å². The minimum absolute atomic E-state index is 0.0543. The van der Waals surface area contributed by atoms with Gasteiger partial charge >= 0.3 is 28.5 Å². The van der Waals surface area contributed by atoms with E-state index in [0.717, 1.165) is 0 Å². The molecule has 0 aromatic carbocycles. The van der Waals surface area contributed by atoms with Crippen LogP contribution in [-0.2, 0) is 42.8 Å². The first-order valence-electron chi connectivity index (χ1n) is 11.8. The SMILES string of the molecule is CCOC(=O)C(C)(C)COS(=O)(=O)ON1C(=O)N2C[C@H]1CC[C@H]2C(=O)NOCCNC(=O)OC(C)(C)C. The topological polar surface area (TPSA) is 179 Å². The zero-order valence-electron chi connectivity index (χ0n) is 21.9. The third-order valence-corrected chi connectivity index (χ3v) is 5.98. The zero-order chi connectivity index (χ0) is 28.0. The maximum Gasteiger partial charge on any atom is 0.421 e. The summed E-state index contributed by atoms with van der Waals surface area (Å²) < 4.78 is 44.3. The number of nitrogens with one attached hydrogen (secondary N) is 2. The van der Waals surface area contributed by atoms with Crippen molar-refractivity contribution in [2.24, 2.45) is 5.41 Å². The van der Waals surface area contributed by atoms with Gasteiger partial charge in [0.05, 0.1) is 31.3 Å². The van der Waals surface area contributed by atoms with Crippen LogP contribution in [0.3, 0.4) is 0 Å². The first kappa shape index (κ1) is 30.5. The van der Waals surface area contributed by atoms with Gasteiger partial charge in [0.2, 0.25) is 0 Å². The van der Waals surface area contributed by atoms with Crippen molar-refractivity contribution in [2.75, 3.05) is 32.9 Å². The summed E-state index contributed by atoms with van der Waals surface area (Å²) in [7, 11) is -4.69. The number of fused-ring (bicyclic) bond motifs is 2. The fraction of sp³-hybridized carbons (Fsp3) is 0.810. The predicted octanol–water partition coefficient (Wildman–Crippen LogP) is 0.610. The number of rotatable bonds is 12. The minimum atomic E-state index is -4.69. The van der Waals surface area contributed by atoms with Gasteiger partial charge in [0.15, 0.2) is 0 Å². The van der Waals surface area contributed by atoms with Crippen LogP contribution in [0.4, 0.5) is 9.59 Å². The monoisotopic (exact) mass is 552 g/mol. The van der Waals surface area contributed by atoms with E-state index in [1.165, 1.54) is 18.7 Å². The summed E-state index contributed by atoms with van der Waals surface area (Å²) in [4.78, 5) is 55.1. The van der Waals surface area contributed by atoms with Gasteiger partial charge in [0, 0.05) is 13.1 Å². The summed E-state index contributed by atoms with van der Waals surface area (Å²) in [5, 5.41) is 3.12. The number of ether oxygens (including phenoxy) is 2. The molecule has 0 spiro atoms. The molecule has 16 heteroatoms. The number of piperidine rings is 1. The van der Waals surface area contributed by atoms with E-state index in [4.69, 9.17) is 22.8 Å². The maximum absolute atomic E-state index is 12.8. The number of alkyl carbamates (subject to hydrolysis) is 1. The molecule has 0 saturated carbocycles. The second-order valence-corrected chi connectivity index (χ2v) is 11.3. The lowest BCUT2D eigenvalue weighted by molar-refractivity contribution is -0.155. The summed E-state index contributed by atoms with van der Waals surface area (Å²) in [6, 6.07) is -2.36. The first-order valence-corrected chi connectivity index (χ1v) is 13.1. The molecule has 2 heterocycles. The molecule has 2 atom stereocenters. The Balaban J connectivity index is 1.83. The van der Waals surface area contributed by atoms with Gasteiger partial charge in [-0.1, -0.05) is 0 Å². The van der Waals surface area contributed by atoms with Crippen molar-refractivity contribution < 1.29 is 50.4 Å². The molecule has 0 unspecified atom stereocenters. The summed E-state index contributed by atoms with van der Waals surface area (Å²) in [5.41, 5.74) is 0.306. The molecule has 37 heavy (non-hydrogen) atoms. The number of hydrogen-bond acceptors (Lipinski definition) is 11. The molecule has 2 aliphatic rings. The standard InChI is InChI=1S/C21H36N4O11S/c1-7-32-17(27)21(5,6)13-34-37(30,31)36-25-14-8-9-15(24(12-14)19(25)29)16(26)23-33-11-10-22-18(28)35-20(2,3)4/h14-15H,7-13H2,1-6H3,(H,22,28)(H,23,26)/t14-,15+/m1/s1. The molecule has 2 fully saturated rings. The van der Waals surface area contributed by atoms with E-state index in [1.54, 1.807) is 27.7 Å². The molecule has 0 aliphatic carbocycles. The second-order valence-electron chi connectivity index (χ2n) is 10.1. The highest BCUT2D eigenvalue weighted by Crippen LogP contribution is 2.31. The summed E-state index contributed by atoms with van der Waals surface area (Å²) in [6.07, 6.45) is -0.116. The van der Waals surface area contributed by atoms with Gasteiger partial charge in [-0.05, 0) is 54.4 Å². The van der Waals surface area contributed by atoms with Crippen molar-refractivity contribution in [3.05, 3.63) is 0 Å². The number of amides is 4. The molecule has 2 aliphatic heterocycles. The lowest BCUT2D eigenvalue weighted by Gasteiger charge is -2.28. The Bertz CT molecular complexity index is 964. The molecule has 2 rings (SSSR count). The average molecular weight is 553 g/mol. The van der Waals surface area contributed by atoms with E-state index in [9.17, 15) is 27.6 Å². The fourth-order valence-corrected chi connectivity index (χ4v) is 4.30. The molecular formula is C21H36N4O11S. The Kier molecular flexibility index (Phi) is 10.1. The number of urea groups is 1. The number of hydroxylamine groups is 3. The van der Waals surface area contributed by atoms with Crippen molar-refractivity contribution in [1.29, 1.82) is 0 Å². The van der Waals surface area contributed by atoms with Crippen molar-refractivity contribution in [1.82, 2.24) is 20.8 Å². The average Bonchev–Trinajstić information content (AvgIpc) is 3.01. The molecule has 0 radical (unpaired) electrons. The molecule has 4 amide bonds. The maximum atomic E-state index is 12.8. The van der Waals surface area contributed by atoms with Crippen LogP contribution in [0.25, 0.3) is 0 Å². The zero-order valence-corrected chi connectivity index (χ0v) is 22.7. The molecule has 2 bridgehead atoms. The predicted molar refractivity (Wildman–Crippen MR) is 125 cm³/mol. The third-order valence-electron chi connectivity index (χ3n) is 5.23. The van der Waals surface area contributed by atoms with Crippen LogP contribution < -0.4 is 10.8 Å². The summed E-state index contributed by atoms with van der Waals surface area (Å²) in [5.74, 6) is -1.26. The van der Waals surface area contributed by atoms with Crippen molar-refractivity contribution in [3.8, 4) is 0 Å². The Labute approximate surface area is 216 Å². The fourth-order valence-electron chi connectivity index (χ4n) is 3.44. The molecule has 212 valence electrons. The Hall–Kier alpha value is -2.69. The van der Waals surface area contributed by atoms with Gasteiger partial charge in [-0.25, -0.2) is 19.3 Å². The highest BCUT2D eigenvalue weighted by Gasteiger charge is 2.50. The van der Waals surface area contributed by atoms with Crippen LogP contribution in [0, 0.1) is 5.41 Å². The highest BCUT2D eigenvalue weighted by molar-refractivity contribution is 7.81. The summed E-state index contributed by atoms with van der Waals surface area (Å²) in [6.45, 7) is 9.30. The van der Waals surface area contributed by atoms with E-state index < -0.39 is 64.1 Å². The Morgan fingerprint density at radius 3 is 2.41 bits per heavy atom. The number of nitrogens with zero attached hydrogens (tertiary/aromatic N) is 2. The van der Waals surface area contributed by atoms with E-state index in [0.29, 0.717) is 5.06 Å². The molecule has 2 N–H and O–H groups in total. The van der Waals surface area contributed by atoms with Crippen molar-refractivity contribution in [3.63, 3.8) is 0 Å². The van der Waals surface area contributed by atoms with Crippen LogP contribution in [0.15, 0.2) is 0 Å². The lowest BCUT2D eigenvalue weighted by Crippen LogP contribution is -2.50. The normalized spacial score (nSPS) is 20.0. The largest absolute Gasteiger partial charge is 0.466 e. The van der Waals surface area contributed by atoms with E-state index in [-0.39, 0.29) is 39.1 Å². The van der Waals surface area contributed by atoms with Crippen LogP contribution in [0.2, 0.25) is 0 Å². The quantitative estimate of drug-likeness (QED) is 0.197. The highest BCUT2D eigenvalue weighted by atomic mass is 32.3. The van der Waals surface area contributed by atoms with Gasteiger partial charge in [0.1, 0.15) is 11.6 Å². The smallest absolute Gasteiger partial charge is 0.421 e. The first-order chi connectivity index (χ1) is 17.1. The van der Waals surface area contributed by atoms with Crippen LogP contribution in [-0.4, -0.2) is 93.0 Å². The van der Waals surface area contributed by atoms with E-state index >= 15 is 0 Å². The second kappa shape index (κ2) is 12.2. The van der Waals surface area contributed by atoms with Gasteiger partial charge in [-0.3, -0.25) is 14.4 Å². The van der Waals surface area contributed by atoms with E-state index in [1.807, 2.05) is 0 Å². The molecule has 0 aromatic rings. The molecule has 0 aromatic heterocycles. The number of hydrogen-bond donors (Lipinski definition) is 2.